The fourth-order valence-electron chi connectivity index (χ4n) is 3.70. The highest BCUT2D eigenvalue weighted by Gasteiger charge is 2.24. The molecule has 0 aliphatic carbocycles. The van der Waals surface area contributed by atoms with Crippen LogP contribution in [0.3, 0.4) is 0 Å². The number of methoxy groups -OCH3 is 1. The zero-order chi connectivity index (χ0) is 22.3. The van der Waals surface area contributed by atoms with Gasteiger partial charge >= 0.3 is 6.09 Å². The van der Waals surface area contributed by atoms with E-state index in [0.717, 1.165) is 37.4 Å². The Labute approximate surface area is 192 Å². The van der Waals surface area contributed by atoms with Crippen LogP contribution in [0.4, 0.5) is 4.79 Å². The van der Waals surface area contributed by atoms with Crippen LogP contribution in [0.15, 0.2) is 72.8 Å². The van der Waals surface area contributed by atoms with Gasteiger partial charge in [-0.05, 0) is 60.5 Å². The van der Waals surface area contributed by atoms with E-state index in [9.17, 15) is 4.79 Å². The molecule has 3 aromatic carbocycles. The fourth-order valence-corrected chi connectivity index (χ4v) is 3.82. The lowest BCUT2D eigenvalue weighted by Gasteiger charge is -2.17. The Hall–Kier alpha value is -3.22. The molecule has 166 valence electrons. The zero-order valence-corrected chi connectivity index (χ0v) is 18.5. The number of nitrogens with zero attached hydrogens (tertiary/aromatic N) is 1. The van der Waals surface area contributed by atoms with E-state index in [2.05, 4.69) is 16.3 Å². The molecule has 1 N–H and O–H groups in total. The second kappa shape index (κ2) is 10.4. The number of halogens is 1. The largest absolute Gasteiger partial charge is 0.493 e. The molecule has 0 bridgehead atoms. The molecule has 0 saturated carbocycles. The van der Waals surface area contributed by atoms with Gasteiger partial charge in [0.25, 0.3) is 0 Å². The van der Waals surface area contributed by atoms with E-state index in [1.807, 2.05) is 42.5 Å². The van der Waals surface area contributed by atoms with Crippen molar-refractivity contribution < 1.29 is 19.0 Å². The Bertz CT molecular complexity index is 1060. The number of amides is 1. The minimum absolute atomic E-state index is 0.0443. The Morgan fingerprint density at radius 3 is 2.59 bits per heavy atom. The van der Waals surface area contributed by atoms with Crippen molar-refractivity contribution >= 4 is 17.7 Å². The lowest BCUT2D eigenvalue weighted by atomic mass is 10.2. The van der Waals surface area contributed by atoms with Crippen LogP contribution in [-0.4, -0.2) is 37.2 Å². The van der Waals surface area contributed by atoms with Crippen molar-refractivity contribution in [2.75, 3.05) is 20.2 Å². The van der Waals surface area contributed by atoms with E-state index in [1.54, 1.807) is 31.4 Å². The monoisotopic (exact) mass is 452 g/mol. The van der Waals surface area contributed by atoms with Crippen molar-refractivity contribution in [3.63, 3.8) is 0 Å². The molecule has 1 aliphatic rings. The summed E-state index contributed by atoms with van der Waals surface area (Å²) in [5.74, 6) is 2.59. The predicted octanol–water partition coefficient (Wildman–Crippen LogP) is 5.50. The molecule has 7 heteroatoms. The van der Waals surface area contributed by atoms with E-state index in [1.165, 1.54) is 0 Å². The Balaban J connectivity index is 1.29. The molecule has 1 heterocycles. The van der Waals surface area contributed by atoms with Crippen LogP contribution in [0.2, 0.25) is 5.02 Å². The van der Waals surface area contributed by atoms with Gasteiger partial charge in [-0.25, -0.2) is 4.79 Å². The molecule has 4 rings (SSSR count). The predicted molar refractivity (Wildman–Crippen MR) is 124 cm³/mol. The molecule has 0 radical (unpaired) electrons. The molecule has 0 aromatic heterocycles. The molecular formula is C25H25ClN2O4. The van der Waals surface area contributed by atoms with E-state index >= 15 is 0 Å². The number of rotatable bonds is 7. The maximum absolute atomic E-state index is 12.2. The normalized spacial score (nSPS) is 15.9. The fraction of sp³-hybridized carbons (Fsp3) is 0.240. The van der Waals surface area contributed by atoms with Crippen molar-refractivity contribution in [1.82, 2.24) is 10.2 Å². The Kier molecular flexibility index (Phi) is 7.14. The number of benzene rings is 3. The third-order valence-corrected chi connectivity index (χ3v) is 5.47. The quantitative estimate of drug-likeness (QED) is 0.512. The van der Waals surface area contributed by atoms with Gasteiger partial charge < -0.3 is 19.5 Å². The number of hydrogen-bond acceptors (Lipinski definition) is 5. The number of nitrogens with one attached hydrogen (secondary N) is 1. The smallest absolute Gasteiger partial charge is 0.412 e. The molecule has 1 saturated heterocycles. The summed E-state index contributed by atoms with van der Waals surface area (Å²) in [5.41, 5.74) is 1.14. The van der Waals surface area contributed by atoms with E-state index in [-0.39, 0.29) is 6.04 Å². The summed E-state index contributed by atoms with van der Waals surface area (Å²) in [7, 11) is 1.63. The molecule has 1 fully saturated rings. The summed E-state index contributed by atoms with van der Waals surface area (Å²) in [6, 6.07) is 22.3. The maximum atomic E-state index is 12.2. The highest BCUT2D eigenvalue weighted by Crippen LogP contribution is 2.31. The zero-order valence-electron chi connectivity index (χ0n) is 17.8. The highest BCUT2D eigenvalue weighted by atomic mass is 35.5. The lowest BCUT2D eigenvalue weighted by Crippen LogP contribution is -2.38. The van der Waals surface area contributed by atoms with E-state index < -0.39 is 6.09 Å². The van der Waals surface area contributed by atoms with Gasteiger partial charge in [0.1, 0.15) is 11.5 Å². The average molecular weight is 453 g/mol. The first-order valence-corrected chi connectivity index (χ1v) is 10.8. The number of carbonyl (C=O) groups is 1. The highest BCUT2D eigenvalue weighted by molar-refractivity contribution is 6.30. The van der Waals surface area contributed by atoms with Crippen molar-refractivity contribution in [3.05, 3.63) is 83.4 Å². The minimum Gasteiger partial charge on any atom is -0.493 e. The Morgan fingerprint density at radius 1 is 1.03 bits per heavy atom. The van der Waals surface area contributed by atoms with Crippen molar-refractivity contribution in [3.8, 4) is 23.0 Å². The van der Waals surface area contributed by atoms with Gasteiger partial charge in [0.2, 0.25) is 0 Å². The van der Waals surface area contributed by atoms with Crippen LogP contribution >= 0.6 is 11.6 Å². The second-order valence-electron chi connectivity index (χ2n) is 7.61. The van der Waals surface area contributed by atoms with Crippen LogP contribution in [0, 0.1) is 0 Å². The second-order valence-corrected chi connectivity index (χ2v) is 8.05. The molecule has 32 heavy (non-hydrogen) atoms. The summed E-state index contributed by atoms with van der Waals surface area (Å²) in [4.78, 5) is 14.5. The van der Waals surface area contributed by atoms with Crippen molar-refractivity contribution in [1.29, 1.82) is 0 Å². The average Bonchev–Trinajstić information content (AvgIpc) is 3.22. The van der Waals surface area contributed by atoms with Gasteiger partial charge in [-0.15, -0.1) is 0 Å². The first-order valence-electron chi connectivity index (χ1n) is 10.4. The van der Waals surface area contributed by atoms with Gasteiger partial charge in [0, 0.05) is 30.7 Å². The van der Waals surface area contributed by atoms with Gasteiger partial charge in [-0.3, -0.25) is 4.90 Å². The molecule has 1 aliphatic heterocycles. The van der Waals surface area contributed by atoms with E-state index in [4.69, 9.17) is 25.8 Å². The van der Waals surface area contributed by atoms with Crippen LogP contribution in [0.25, 0.3) is 0 Å². The van der Waals surface area contributed by atoms with Crippen LogP contribution in [-0.2, 0) is 6.54 Å². The molecule has 1 atom stereocenters. The molecule has 0 spiro atoms. The maximum Gasteiger partial charge on any atom is 0.412 e. The summed E-state index contributed by atoms with van der Waals surface area (Å²) in [6.07, 6.45) is 0.416. The third kappa shape index (κ3) is 5.93. The lowest BCUT2D eigenvalue weighted by molar-refractivity contribution is 0.195. The summed E-state index contributed by atoms with van der Waals surface area (Å²) in [6.45, 7) is 2.42. The van der Waals surface area contributed by atoms with Gasteiger partial charge in [0.05, 0.1) is 7.11 Å². The van der Waals surface area contributed by atoms with Gasteiger partial charge in [-0.2, -0.15) is 0 Å². The van der Waals surface area contributed by atoms with Gasteiger partial charge in [0.15, 0.2) is 11.5 Å². The van der Waals surface area contributed by atoms with Crippen LogP contribution in [0.5, 0.6) is 23.0 Å². The molecule has 1 unspecified atom stereocenters. The molecule has 6 nitrogen and oxygen atoms in total. The molecular weight excluding hydrogens is 428 g/mol. The third-order valence-electron chi connectivity index (χ3n) is 5.22. The van der Waals surface area contributed by atoms with Crippen LogP contribution in [0.1, 0.15) is 12.0 Å². The molecule has 3 aromatic rings. The van der Waals surface area contributed by atoms with Crippen LogP contribution < -0.4 is 19.5 Å². The van der Waals surface area contributed by atoms with Gasteiger partial charge in [-0.1, -0.05) is 35.9 Å². The number of likely N-dealkylation sites (tertiary alicyclic amines) is 1. The summed E-state index contributed by atoms with van der Waals surface area (Å²) in [5, 5.41) is 3.54. The summed E-state index contributed by atoms with van der Waals surface area (Å²) >= 11 is 5.86. The topological polar surface area (TPSA) is 60.0 Å². The number of ether oxygens (including phenoxy) is 3. The number of hydrogen-bond donors (Lipinski definition) is 1. The minimum atomic E-state index is -0.452. The molecule has 1 amide bonds. The Morgan fingerprint density at radius 2 is 1.81 bits per heavy atom. The first kappa shape index (κ1) is 22.0. The standard InChI is InChI=1S/C25H25ClN2O4/c1-30-23-7-2-3-8-24(23)31-22-6-4-5-18(15-22)16-28-14-13-20(17-28)27-25(29)32-21-11-9-19(26)10-12-21/h2-12,15,20H,13-14,16-17H2,1H3,(H,27,29). The first-order chi connectivity index (χ1) is 15.6. The summed E-state index contributed by atoms with van der Waals surface area (Å²) < 4.78 is 16.7. The van der Waals surface area contributed by atoms with Crippen molar-refractivity contribution in [2.24, 2.45) is 0 Å². The van der Waals surface area contributed by atoms with Crippen molar-refractivity contribution in [2.45, 2.75) is 19.0 Å². The number of carbonyl (C=O) groups excluding carboxylic acids is 1. The van der Waals surface area contributed by atoms with E-state index in [0.29, 0.717) is 22.3 Å². The number of para-hydroxylation sites is 2. The SMILES string of the molecule is COc1ccccc1Oc1cccc(CN2CCC(NC(=O)Oc3ccc(Cl)cc3)C2)c1.